The van der Waals surface area contributed by atoms with Gasteiger partial charge in [0.2, 0.25) is 5.91 Å². The molecule has 0 aromatic heterocycles. The average molecular weight is 424 g/mol. The first-order valence-electron chi connectivity index (χ1n) is 10.9. The molecular weight excluding hydrogens is 396 g/mol. The van der Waals surface area contributed by atoms with Crippen molar-refractivity contribution in [2.45, 2.75) is 18.8 Å². The van der Waals surface area contributed by atoms with Gasteiger partial charge in [0.15, 0.2) is 23.0 Å². The SMILES string of the molecule is COc1cc2c(cc1OC)C(C(=O)N1CCN(c3cccc4c3OCCO4)CC1)CC2. The van der Waals surface area contributed by atoms with Crippen LogP contribution in [0.4, 0.5) is 5.69 Å². The van der Waals surface area contributed by atoms with E-state index in [9.17, 15) is 4.79 Å². The number of carbonyl (C=O) groups excluding carboxylic acids is 1. The number of aryl methyl sites for hydroxylation is 1. The Kier molecular flexibility index (Phi) is 5.26. The second-order valence-electron chi connectivity index (χ2n) is 8.11. The zero-order chi connectivity index (χ0) is 21.4. The standard InChI is InChI=1S/C24H28N2O5/c1-28-21-14-16-6-7-17(18(16)15-22(21)29-2)24(27)26-10-8-25(9-11-26)19-4-3-5-20-23(19)31-13-12-30-20/h3-5,14-15,17H,6-13H2,1-2H3. The number of hydrogen-bond donors (Lipinski definition) is 0. The van der Waals surface area contributed by atoms with Crippen molar-refractivity contribution in [1.82, 2.24) is 4.90 Å². The molecule has 7 heteroatoms. The Morgan fingerprint density at radius 2 is 1.74 bits per heavy atom. The van der Waals surface area contributed by atoms with Crippen LogP contribution in [0.25, 0.3) is 0 Å². The molecule has 2 heterocycles. The number of para-hydroxylation sites is 1. The number of fused-ring (bicyclic) bond motifs is 2. The van der Waals surface area contributed by atoms with E-state index in [2.05, 4.69) is 11.0 Å². The molecule has 0 N–H and O–H groups in total. The maximum absolute atomic E-state index is 13.4. The Labute approximate surface area is 182 Å². The summed E-state index contributed by atoms with van der Waals surface area (Å²) in [7, 11) is 3.27. The van der Waals surface area contributed by atoms with Crippen molar-refractivity contribution in [3.63, 3.8) is 0 Å². The average Bonchev–Trinajstić information content (AvgIpc) is 3.25. The maximum Gasteiger partial charge on any atom is 0.230 e. The first-order chi connectivity index (χ1) is 15.2. The molecule has 0 saturated carbocycles. The van der Waals surface area contributed by atoms with Crippen LogP contribution in [-0.4, -0.2) is 64.4 Å². The normalized spacial score (nSPS) is 19.7. The van der Waals surface area contributed by atoms with Crippen LogP contribution in [0.1, 0.15) is 23.5 Å². The fraction of sp³-hybridized carbons (Fsp3) is 0.458. The van der Waals surface area contributed by atoms with E-state index in [1.165, 1.54) is 5.56 Å². The van der Waals surface area contributed by atoms with Gasteiger partial charge in [-0.15, -0.1) is 0 Å². The summed E-state index contributed by atoms with van der Waals surface area (Å²) in [6, 6.07) is 10.0. The maximum atomic E-state index is 13.4. The minimum Gasteiger partial charge on any atom is -0.493 e. The minimum atomic E-state index is -0.109. The summed E-state index contributed by atoms with van der Waals surface area (Å²) in [4.78, 5) is 17.7. The first kappa shape index (κ1) is 19.8. The Morgan fingerprint density at radius 3 is 2.52 bits per heavy atom. The zero-order valence-corrected chi connectivity index (χ0v) is 18.1. The number of methoxy groups -OCH3 is 2. The molecule has 1 atom stereocenters. The summed E-state index contributed by atoms with van der Waals surface area (Å²) >= 11 is 0. The fourth-order valence-corrected chi connectivity index (χ4v) is 4.89. The van der Waals surface area contributed by atoms with Gasteiger partial charge in [-0.1, -0.05) is 6.07 Å². The molecule has 1 fully saturated rings. The van der Waals surface area contributed by atoms with E-state index >= 15 is 0 Å². The number of anilines is 1. The topological polar surface area (TPSA) is 60.5 Å². The van der Waals surface area contributed by atoms with Crippen LogP contribution in [0.2, 0.25) is 0 Å². The summed E-state index contributed by atoms with van der Waals surface area (Å²) in [5.74, 6) is 3.12. The molecule has 0 radical (unpaired) electrons. The lowest BCUT2D eigenvalue weighted by molar-refractivity contribution is -0.133. The molecule has 5 rings (SSSR count). The van der Waals surface area contributed by atoms with Gasteiger partial charge in [-0.25, -0.2) is 0 Å². The molecule has 0 bridgehead atoms. The second kappa shape index (κ2) is 8.21. The number of piperazine rings is 1. The van der Waals surface area contributed by atoms with Crippen molar-refractivity contribution in [1.29, 1.82) is 0 Å². The van der Waals surface area contributed by atoms with Gasteiger partial charge < -0.3 is 28.7 Å². The molecule has 1 amide bonds. The number of hydrogen-bond acceptors (Lipinski definition) is 6. The highest BCUT2D eigenvalue weighted by atomic mass is 16.6. The summed E-state index contributed by atoms with van der Waals surface area (Å²) in [5, 5.41) is 0. The lowest BCUT2D eigenvalue weighted by atomic mass is 9.98. The third-order valence-electron chi connectivity index (χ3n) is 6.50. The molecule has 0 spiro atoms. The summed E-state index contributed by atoms with van der Waals surface area (Å²) < 4.78 is 22.5. The molecular formula is C24H28N2O5. The quantitative estimate of drug-likeness (QED) is 0.752. The Morgan fingerprint density at radius 1 is 1.00 bits per heavy atom. The molecule has 7 nitrogen and oxygen atoms in total. The highest BCUT2D eigenvalue weighted by Gasteiger charge is 2.35. The van der Waals surface area contributed by atoms with Crippen molar-refractivity contribution in [3.05, 3.63) is 41.5 Å². The monoisotopic (exact) mass is 424 g/mol. The highest BCUT2D eigenvalue weighted by Crippen LogP contribution is 2.42. The lowest BCUT2D eigenvalue weighted by Gasteiger charge is -2.38. The minimum absolute atomic E-state index is 0.109. The van der Waals surface area contributed by atoms with Gasteiger partial charge in [0.05, 0.1) is 25.8 Å². The van der Waals surface area contributed by atoms with Gasteiger partial charge in [-0.2, -0.15) is 0 Å². The third kappa shape index (κ3) is 3.52. The lowest BCUT2D eigenvalue weighted by Crippen LogP contribution is -2.50. The number of amides is 1. The van der Waals surface area contributed by atoms with Crippen molar-refractivity contribution < 1.29 is 23.7 Å². The number of benzene rings is 2. The second-order valence-corrected chi connectivity index (χ2v) is 8.11. The van der Waals surface area contributed by atoms with E-state index in [0.717, 1.165) is 54.4 Å². The molecule has 31 heavy (non-hydrogen) atoms. The summed E-state index contributed by atoms with van der Waals surface area (Å²) in [5.41, 5.74) is 3.31. The molecule has 2 aromatic carbocycles. The zero-order valence-electron chi connectivity index (χ0n) is 18.1. The Bertz CT molecular complexity index is 984. The number of carbonyl (C=O) groups is 1. The predicted octanol–water partition coefficient (Wildman–Crippen LogP) is 2.85. The third-order valence-corrected chi connectivity index (χ3v) is 6.50. The van der Waals surface area contributed by atoms with Gasteiger partial charge >= 0.3 is 0 Å². The van der Waals surface area contributed by atoms with Gasteiger partial charge in [-0.05, 0) is 48.2 Å². The molecule has 164 valence electrons. The Balaban J connectivity index is 1.29. The summed E-state index contributed by atoms with van der Waals surface area (Å²) in [6.45, 7) is 4.09. The van der Waals surface area contributed by atoms with Crippen molar-refractivity contribution in [2.24, 2.45) is 0 Å². The Hall–Kier alpha value is -3.09. The predicted molar refractivity (Wildman–Crippen MR) is 117 cm³/mol. The van der Waals surface area contributed by atoms with E-state index in [1.54, 1.807) is 14.2 Å². The molecule has 2 aliphatic heterocycles. The highest BCUT2D eigenvalue weighted by molar-refractivity contribution is 5.86. The molecule has 1 unspecified atom stereocenters. The van der Waals surface area contributed by atoms with Crippen LogP contribution in [-0.2, 0) is 11.2 Å². The van der Waals surface area contributed by atoms with E-state index in [4.69, 9.17) is 18.9 Å². The number of rotatable bonds is 4. The van der Waals surface area contributed by atoms with Crippen molar-refractivity contribution in [2.75, 3.05) is 58.5 Å². The largest absolute Gasteiger partial charge is 0.493 e. The van der Waals surface area contributed by atoms with E-state index in [0.29, 0.717) is 32.1 Å². The molecule has 1 aliphatic carbocycles. The molecule has 3 aliphatic rings. The van der Waals surface area contributed by atoms with E-state index in [-0.39, 0.29) is 11.8 Å². The van der Waals surface area contributed by atoms with E-state index < -0.39 is 0 Å². The van der Waals surface area contributed by atoms with Crippen LogP contribution in [0, 0.1) is 0 Å². The fourth-order valence-electron chi connectivity index (χ4n) is 4.89. The van der Waals surface area contributed by atoms with Crippen LogP contribution in [0.3, 0.4) is 0 Å². The smallest absolute Gasteiger partial charge is 0.230 e. The summed E-state index contributed by atoms with van der Waals surface area (Å²) in [6.07, 6.45) is 1.72. The van der Waals surface area contributed by atoms with E-state index in [1.807, 2.05) is 29.2 Å². The van der Waals surface area contributed by atoms with Crippen LogP contribution in [0.5, 0.6) is 23.0 Å². The van der Waals surface area contributed by atoms with Crippen molar-refractivity contribution in [3.8, 4) is 23.0 Å². The molecule has 1 saturated heterocycles. The van der Waals surface area contributed by atoms with Gasteiger partial charge in [0.1, 0.15) is 13.2 Å². The van der Waals surface area contributed by atoms with Crippen LogP contribution >= 0.6 is 0 Å². The van der Waals surface area contributed by atoms with Crippen LogP contribution < -0.4 is 23.8 Å². The van der Waals surface area contributed by atoms with Gasteiger partial charge in [0.25, 0.3) is 0 Å². The molecule has 2 aromatic rings. The first-order valence-corrected chi connectivity index (χ1v) is 10.9. The number of ether oxygens (including phenoxy) is 4. The number of nitrogens with zero attached hydrogens (tertiary/aromatic N) is 2. The van der Waals surface area contributed by atoms with Gasteiger partial charge in [0, 0.05) is 26.2 Å². The van der Waals surface area contributed by atoms with Crippen LogP contribution in [0.15, 0.2) is 30.3 Å². The van der Waals surface area contributed by atoms with Crippen molar-refractivity contribution >= 4 is 11.6 Å². The van der Waals surface area contributed by atoms with Gasteiger partial charge in [-0.3, -0.25) is 4.79 Å².